The normalized spacial score (nSPS) is 17.9. The van der Waals surface area contributed by atoms with Crippen molar-refractivity contribution < 1.29 is 14.3 Å². The predicted octanol–water partition coefficient (Wildman–Crippen LogP) is 1.04. The van der Waals surface area contributed by atoms with Crippen molar-refractivity contribution in [2.75, 3.05) is 25.5 Å². The third kappa shape index (κ3) is 2.23. The lowest BCUT2D eigenvalue weighted by Crippen LogP contribution is -2.38. The van der Waals surface area contributed by atoms with Crippen LogP contribution in [0.4, 0.5) is 5.69 Å². The van der Waals surface area contributed by atoms with Gasteiger partial charge in [-0.05, 0) is 23.6 Å². The second-order valence-electron chi connectivity index (χ2n) is 4.66. The summed E-state index contributed by atoms with van der Waals surface area (Å²) in [5, 5.41) is 0. The van der Waals surface area contributed by atoms with E-state index in [1.807, 2.05) is 12.1 Å². The molecule has 0 radical (unpaired) electrons. The smallest absolute Gasteiger partial charge is 0.292 e. The highest BCUT2D eigenvalue weighted by Gasteiger charge is 2.26. The summed E-state index contributed by atoms with van der Waals surface area (Å²) in [4.78, 5) is 14.0. The monoisotopic (exact) mass is 260 g/mol. The Hall–Kier alpha value is -2.17. The second-order valence-corrected chi connectivity index (χ2v) is 4.66. The summed E-state index contributed by atoms with van der Waals surface area (Å²) >= 11 is 0. The summed E-state index contributed by atoms with van der Waals surface area (Å²) in [5.74, 6) is 0.151. The zero-order valence-corrected chi connectivity index (χ0v) is 10.6. The van der Waals surface area contributed by atoms with E-state index in [1.165, 1.54) is 11.8 Å². The Morgan fingerprint density at radius 2 is 2.21 bits per heavy atom. The number of amides is 1. The fraction of sp³-hybridized carbons (Fsp3) is 0.357. The SMILES string of the molecule is Nc1cccc2c1CN(C(=O)C1=COCCO1)CC2. The summed E-state index contributed by atoms with van der Waals surface area (Å²) in [5.41, 5.74) is 8.98. The molecule has 0 unspecified atom stereocenters. The van der Waals surface area contributed by atoms with Crippen molar-refractivity contribution in [1.29, 1.82) is 0 Å². The molecule has 0 fully saturated rings. The van der Waals surface area contributed by atoms with Gasteiger partial charge < -0.3 is 20.1 Å². The van der Waals surface area contributed by atoms with Gasteiger partial charge in [-0.2, -0.15) is 0 Å². The van der Waals surface area contributed by atoms with Gasteiger partial charge in [-0.1, -0.05) is 12.1 Å². The van der Waals surface area contributed by atoms with Crippen LogP contribution < -0.4 is 5.73 Å². The van der Waals surface area contributed by atoms with Gasteiger partial charge in [0.05, 0.1) is 0 Å². The molecule has 2 heterocycles. The number of fused-ring (bicyclic) bond motifs is 1. The van der Waals surface area contributed by atoms with Gasteiger partial charge >= 0.3 is 0 Å². The molecule has 0 aliphatic carbocycles. The summed E-state index contributed by atoms with van der Waals surface area (Å²) in [6.45, 7) is 2.12. The van der Waals surface area contributed by atoms with Gasteiger partial charge in [0.15, 0.2) is 0 Å². The van der Waals surface area contributed by atoms with E-state index >= 15 is 0 Å². The molecule has 5 nitrogen and oxygen atoms in total. The highest BCUT2D eigenvalue weighted by molar-refractivity contribution is 5.91. The van der Waals surface area contributed by atoms with Gasteiger partial charge in [-0.25, -0.2) is 0 Å². The molecule has 0 spiro atoms. The van der Waals surface area contributed by atoms with E-state index in [-0.39, 0.29) is 11.7 Å². The average molecular weight is 260 g/mol. The van der Waals surface area contributed by atoms with Crippen molar-refractivity contribution in [2.45, 2.75) is 13.0 Å². The van der Waals surface area contributed by atoms with Crippen molar-refractivity contribution in [2.24, 2.45) is 0 Å². The minimum absolute atomic E-state index is 0.131. The molecular formula is C14H16N2O3. The number of carbonyl (C=O) groups is 1. The fourth-order valence-electron chi connectivity index (χ4n) is 2.42. The quantitative estimate of drug-likeness (QED) is 0.766. The van der Waals surface area contributed by atoms with Crippen LogP contribution in [0, 0.1) is 0 Å². The molecule has 19 heavy (non-hydrogen) atoms. The molecule has 1 aromatic rings. The van der Waals surface area contributed by atoms with Crippen LogP contribution in [-0.4, -0.2) is 30.6 Å². The fourth-order valence-corrected chi connectivity index (χ4v) is 2.42. The Labute approximate surface area is 111 Å². The van der Waals surface area contributed by atoms with Crippen LogP contribution in [0.25, 0.3) is 0 Å². The van der Waals surface area contributed by atoms with E-state index in [1.54, 1.807) is 4.90 Å². The summed E-state index contributed by atoms with van der Waals surface area (Å²) in [7, 11) is 0. The number of anilines is 1. The molecule has 1 amide bonds. The number of hydrogen-bond donors (Lipinski definition) is 1. The first-order valence-electron chi connectivity index (χ1n) is 6.36. The minimum Gasteiger partial charge on any atom is -0.494 e. The van der Waals surface area contributed by atoms with Crippen LogP contribution in [0.2, 0.25) is 0 Å². The van der Waals surface area contributed by atoms with E-state index in [2.05, 4.69) is 6.07 Å². The number of benzene rings is 1. The van der Waals surface area contributed by atoms with Gasteiger partial charge in [0, 0.05) is 18.8 Å². The molecule has 5 heteroatoms. The van der Waals surface area contributed by atoms with Crippen molar-refractivity contribution >= 4 is 11.6 Å². The van der Waals surface area contributed by atoms with Crippen LogP contribution in [0.5, 0.6) is 0 Å². The second kappa shape index (κ2) is 4.84. The van der Waals surface area contributed by atoms with Gasteiger partial charge in [-0.15, -0.1) is 0 Å². The Morgan fingerprint density at radius 1 is 1.32 bits per heavy atom. The number of carbonyl (C=O) groups excluding carboxylic acids is 1. The molecule has 2 aliphatic rings. The van der Waals surface area contributed by atoms with Gasteiger partial charge in [0.25, 0.3) is 5.91 Å². The predicted molar refractivity (Wildman–Crippen MR) is 70.0 cm³/mol. The molecule has 0 saturated carbocycles. The minimum atomic E-state index is -0.131. The maximum Gasteiger partial charge on any atom is 0.292 e. The maximum absolute atomic E-state index is 12.3. The number of nitrogens with two attached hydrogens (primary N) is 1. The zero-order valence-electron chi connectivity index (χ0n) is 10.6. The first kappa shape index (κ1) is 11.9. The van der Waals surface area contributed by atoms with E-state index in [4.69, 9.17) is 15.2 Å². The van der Waals surface area contributed by atoms with Crippen molar-refractivity contribution in [3.63, 3.8) is 0 Å². The Morgan fingerprint density at radius 3 is 3.00 bits per heavy atom. The van der Waals surface area contributed by atoms with Crippen LogP contribution in [-0.2, 0) is 27.2 Å². The van der Waals surface area contributed by atoms with Crippen molar-refractivity contribution in [3.05, 3.63) is 41.3 Å². The highest BCUT2D eigenvalue weighted by Crippen LogP contribution is 2.25. The van der Waals surface area contributed by atoms with Crippen LogP contribution in [0.3, 0.4) is 0 Å². The molecule has 0 atom stereocenters. The molecule has 1 aromatic carbocycles. The molecule has 0 aromatic heterocycles. The van der Waals surface area contributed by atoms with E-state index in [0.29, 0.717) is 26.3 Å². The largest absolute Gasteiger partial charge is 0.494 e. The molecular weight excluding hydrogens is 244 g/mol. The van der Waals surface area contributed by atoms with Gasteiger partial charge in [-0.3, -0.25) is 4.79 Å². The first-order chi connectivity index (χ1) is 9.25. The Bertz CT molecular complexity index is 539. The van der Waals surface area contributed by atoms with Gasteiger partial charge in [0.1, 0.15) is 19.5 Å². The number of nitrogens with zero attached hydrogens (tertiary/aromatic N) is 1. The van der Waals surface area contributed by atoms with E-state index in [0.717, 1.165) is 17.7 Å². The number of hydrogen-bond acceptors (Lipinski definition) is 4. The topological polar surface area (TPSA) is 64.8 Å². The van der Waals surface area contributed by atoms with Gasteiger partial charge in [0.2, 0.25) is 5.76 Å². The molecule has 100 valence electrons. The molecule has 3 rings (SSSR count). The average Bonchev–Trinajstić information content (AvgIpc) is 2.47. The zero-order chi connectivity index (χ0) is 13.2. The number of rotatable bonds is 1. The summed E-state index contributed by atoms with van der Waals surface area (Å²) in [6, 6.07) is 5.88. The summed E-state index contributed by atoms with van der Waals surface area (Å²) in [6.07, 6.45) is 2.22. The molecule has 0 saturated heterocycles. The van der Waals surface area contributed by atoms with Crippen molar-refractivity contribution in [1.82, 2.24) is 4.90 Å². The molecule has 2 N–H and O–H groups in total. The third-order valence-electron chi connectivity index (χ3n) is 3.46. The lowest BCUT2D eigenvalue weighted by Gasteiger charge is -2.30. The van der Waals surface area contributed by atoms with E-state index < -0.39 is 0 Å². The Balaban J connectivity index is 1.80. The highest BCUT2D eigenvalue weighted by atomic mass is 16.6. The molecule has 2 aliphatic heterocycles. The van der Waals surface area contributed by atoms with Crippen LogP contribution in [0.15, 0.2) is 30.2 Å². The maximum atomic E-state index is 12.3. The summed E-state index contributed by atoms with van der Waals surface area (Å²) < 4.78 is 10.5. The Kier molecular flexibility index (Phi) is 3.03. The standard InChI is InChI=1S/C14H16N2O3/c15-12-3-1-2-10-4-5-16(8-11(10)12)14(17)13-9-18-6-7-19-13/h1-3,9H,4-8,15H2. The van der Waals surface area contributed by atoms with Crippen molar-refractivity contribution in [3.8, 4) is 0 Å². The lowest BCUT2D eigenvalue weighted by molar-refractivity contribution is -0.133. The number of nitrogen functional groups attached to an aromatic ring is 1. The van der Waals surface area contributed by atoms with E-state index in [9.17, 15) is 4.79 Å². The lowest BCUT2D eigenvalue weighted by atomic mass is 9.98. The molecule has 0 bridgehead atoms. The first-order valence-corrected chi connectivity index (χ1v) is 6.36. The van der Waals surface area contributed by atoms with Crippen LogP contribution in [0.1, 0.15) is 11.1 Å². The number of ether oxygens (including phenoxy) is 2. The third-order valence-corrected chi connectivity index (χ3v) is 3.46. The van der Waals surface area contributed by atoms with Crippen LogP contribution >= 0.6 is 0 Å².